The van der Waals surface area contributed by atoms with Crippen molar-refractivity contribution >= 4 is 5.69 Å². The number of anilines is 1. The van der Waals surface area contributed by atoms with Crippen molar-refractivity contribution in [3.05, 3.63) is 303 Å². The highest BCUT2D eigenvalue weighted by atomic mass is 16.5. The molecule has 0 saturated carbocycles. The zero-order valence-corrected chi connectivity index (χ0v) is 61.3. The summed E-state index contributed by atoms with van der Waals surface area (Å²) >= 11 is 0. The summed E-state index contributed by atoms with van der Waals surface area (Å²) < 4.78 is 55.9. The minimum absolute atomic E-state index is 0.204. The third-order valence-corrected chi connectivity index (χ3v) is 16.4. The van der Waals surface area contributed by atoms with E-state index in [1.54, 1.807) is 27.3 Å². The Hall–Kier alpha value is -9.35. The summed E-state index contributed by atoms with van der Waals surface area (Å²) in [6.07, 6.45) is 5.28. The zero-order chi connectivity index (χ0) is 76.0. The summed E-state index contributed by atoms with van der Waals surface area (Å²) in [6.45, 7) is 32.3. The first-order valence-electron chi connectivity index (χ1n) is 36.8. The van der Waals surface area contributed by atoms with E-state index in [9.17, 15) is 0 Å². The molecule has 0 aliphatic heterocycles. The molecule has 10 rings (SSSR count). The van der Waals surface area contributed by atoms with Gasteiger partial charge in [0.25, 0.3) is 0 Å². The van der Waals surface area contributed by atoms with E-state index in [-0.39, 0.29) is 5.92 Å². The maximum atomic E-state index is 8.75. The van der Waals surface area contributed by atoms with Crippen LogP contribution in [0.15, 0.2) is 231 Å². The number of aryl methyl sites for hydroxylation is 4. The minimum atomic E-state index is -2.08. The molecule has 4 heteroatoms. The number of ether oxygens (including phenoxy) is 2. The van der Waals surface area contributed by atoms with Crippen LogP contribution in [0.2, 0.25) is 0 Å². The molecule has 0 radical (unpaired) electrons. The normalized spacial score (nSPS) is 11.6. The molecule has 0 amide bonds. The molecule has 0 heterocycles. The van der Waals surface area contributed by atoms with Gasteiger partial charge in [0.15, 0.2) is 0 Å². The number of terminal acetylenes is 1. The fraction of sp³-hybridized carbons (Fsp3) is 0.315. The number of methoxy groups -OCH3 is 2. The fourth-order valence-electron chi connectivity index (χ4n) is 11.4. The largest absolute Gasteiger partial charge is 0.496 e. The van der Waals surface area contributed by atoms with Gasteiger partial charge in [0.1, 0.15) is 11.5 Å². The van der Waals surface area contributed by atoms with Crippen molar-refractivity contribution in [2.75, 3.05) is 33.1 Å². The summed E-state index contributed by atoms with van der Waals surface area (Å²) in [7, 11) is 5.02. The summed E-state index contributed by atoms with van der Waals surface area (Å²) in [6, 6.07) is 79.9. The van der Waals surface area contributed by atoms with Crippen molar-refractivity contribution < 1.29 is 17.7 Å². The van der Waals surface area contributed by atoms with Crippen molar-refractivity contribution in [1.29, 1.82) is 5.26 Å². The van der Waals surface area contributed by atoms with Crippen LogP contribution in [0.4, 0.5) is 5.69 Å². The van der Waals surface area contributed by atoms with E-state index in [1.807, 2.05) is 136 Å². The van der Waals surface area contributed by atoms with Crippen LogP contribution in [0.5, 0.6) is 11.5 Å². The first kappa shape index (κ1) is 69.5. The molecule has 502 valence electrons. The number of hydrogen-bond donors (Lipinski definition) is 0. The first-order valence-corrected chi connectivity index (χ1v) is 33.8. The summed E-state index contributed by atoms with van der Waals surface area (Å²) in [5, 5.41) is 8.75. The highest BCUT2D eigenvalue weighted by molar-refractivity contribution is 5.68. The topological polar surface area (TPSA) is 45.5 Å². The second kappa shape index (κ2) is 40.8. The molecule has 96 heavy (non-hydrogen) atoms. The van der Waals surface area contributed by atoms with E-state index in [0.717, 1.165) is 56.1 Å². The van der Waals surface area contributed by atoms with Gasteiger partial charge in [-0.15, -0.1) is 6.42 Å². The van der Waals surface area contributed by atoms with Gasteiger partial charge >= 0.3 is 0 Å². The molecular weight excluding hydrogens is 1170 g/mol. The van der Waals surface area contributed by atoms with Crippen molar-refractivity contribution in [2.45, 2.75) is 166 Å². The van der Waals surface area contributed by atoms with Crippen molar-refractivity contribution in [3.63, 3.8) is 0 Å². The highest BCUT2D eigenvalue weighted by Crippen LogP contribution is 2.33. The first-order chi connectivity index (χ1) is 48.2. The van der Waals surface area contributed by atoms with Crippen LogP contribution in [-0.2, 0) is 0 Å². The minimum Gasteiger partial charge on any atom is -0.496 e. The lowest BCUT2D eigenvalue weighted by atomic mass is 9.90. The van der Waals surface area contributed by atoms with E-state index in [2.05, 4.69) is 218 Å². The number of rotatable bonds is 13. The number of nitrogens with zero attached hydrogens (tertiary/aromatic N) is 2. The summed E-state index contributed by atoms with van der Waals surface area (Å²) in [5.41, 5.74) is 22.3. The Balaban J connectivity index is 0.000000255. The Bertz CT molecular complexity index is 4110. The average Bonchev–Trinajstić information content (AvgIpc) is 0.786. The molecule has 0 bridgehead atoms. The lowest BCUT2D eigenvalue weighted by Gasteiger charge is -2.19. The molecule has 10 aromatic rings. The molecule has 0 aliphatic rings. The van der Waals surface area contributed by atoms with E-state index >= 15 is 0 Å². The monoisotopic (exact) mass is 1280 g/mol. The Labute approximate surface area is 590 Å². The SMILES string of the molecule is C#Cc1cc(C#N)cc(C(C)C)c1.CC(C)c1ccc(-c2ccccc2)cc1.COc1ccccc1C(C)C.COc1ccccc1C(C)C.Cc1cc(-c2ccccc2)cc(C)c1C(C)C.[2H]C([2H])([2H])N(C)c1ccccc1C(C)C.[2H]C([2H])([2H])c1cc(-c2ccccc2)cc(C)c1C(C)C. The van der Waals surface area contributed by atoms with Gasteiger partial charge in [-0.3, -0.25) is 0 Å². The molecule has 0 saturated heterocycles. The third kappa shape index (κ3) is 25.1. The zero-order valence-electron chi connectivity index (χ0n) is 67.3. The van der Waals surface area contributed by atoms with Gasteiger partial charge in [-0.05, 0) is 200 Å². The van der Waals surface area contributed by atoms with Gasteiger partial charge in [-0.1, -0.05) is 297 Å². The maximum Gasteiger partial charge on any atom is 0.122 e. The molecule has 4 nitrogen and oxygen atoms in total. The molecule has 0 atom stereocenters. The van der Waals surface area contributed by atoms with Crippen LogP contribution in [0.3, 0.4) is 0 Å². The number of nitriles is 1. The van der Waals surface area contributed by atoms with Crippen LogP contribution in [-0.4, -0.2) is 28.2 Å². The Morgan fingerprint density at radius 2 is 0.708 bits per heavy atom. The van der Waals surface area contributed by atoms with Crippen LogP contribution in [0.1, 0.15) is 219 Å². The van der Waals surface area contributed by atoms with Gasteiger partial charge in [0.05, 0.1) is 25.9 Å². The predicted molar refractivity (Wildman–Crippen MR) is 419 cm³/mol. The van der Waals surface area contributed by atoms with Crippen molar-refractivity contribution in [3.8, 4) is 63.3 Å². The third-order valence-electron chi connectivity index (χ3n) is 16.4. The lowest BCUT2D eigenvalue weighted by molar-refractivity contribution is 0.407. The Morgan fingerprint density at radius 1 is 0.365 bits per heavy atom. The smallest absolute Gasteiger partial charge is 0.122 e. The quantitative estimate of drug-likeness (QED) is 0.108. The van der Waals surface area contributed by atoms with Gasteiger partial charge in [0, 0.05) is 33.5 Å². The second-order valence-electron chi connectivity index (χ2n) is 26.3. The van der Waals surface area contributed by atoms with E-state index < -0.39 is 13.8 Å². The van der Waals surface area contributed by atoms with Crippen LogP contribution < -0.4 is 14.4 Å². The van der Waals surface area contributed by atoms with Crippen molar-refractivity contribution in [2.24, 2.45) is 0 Å². The van der Waals surface area contributed by atoms with Crippen LogP contribution in [0.25, 0.3) is 33.4 Å². The number of benzene rings is 10. The van der Waals surface area contributed by atoms with E-state index in [1.165, 1.54) is 60.5 Å². The molecule has 10 aromatic carbocycles. The standard InChI is InChI=1S/2C17H20.C15H16.C12H11N.C11H17N.2C10H14O/c2*1-12(2)17-13(3)10-16(11-14(17)4)15-8-6-5-7-9-15;1-12(2)13-8-10-15(11-9-13)14-6-4-3-5-7-14;1-4-10-5-11(8-13)7-12(6-10)9(2)3;1-9(2)10-7-5-6-8-11(10)12(3)4;2*1-8(2)9-6-4-5-7-10(9)11-3/h2*5-12H,1-4H3;3-12H,1-2H3;1,5-7,9H,2-3H3;5-9H,1-4H3;2*4-8H,1-3H3/i3D3;;;;3D3;;. The maximum absolute atomic E-state index is 8.75. The van der Waals surface area contributed by atoms with Crippen LogP contribution >= 0.6 is 0 Å². The van der Waals surface area contributed by atoms with Crippen molar-refractivity contribution in [1.82, 2.24) is 0 Å². The Morgan fingerprint density at radius 3 is 1.05 bits per heavy atom. The molecule has 0 aromatic heterocycles. The predicted octanol–water partition coefficient (Wildman–Crippen LogP) is 25.8. The second-order valence-corrected chi connectivity index (χ2v) is 26.3. The van der Waals surface area contributed by atoms with Gasteiger partial charge in [-0.2, -0.15) is 5.26 Å². The molecular formula is C92H112N2O2. The highest BCUT2D eigenvalue weighted by Gasteiger charge is 2.13. The molecule has 0 N–H and O–H groups in total. The molecule has 0 fully saturated rings. The van der Waals surface area contributed by atoms with E-state index in [4.69, 9.17) is 29.4 Å². The molecule has 0 spiro atoms. The van der Waals surface area contributed by atoms with E-state index in [0.29, 0.717) is 46.6 Å². The van der Waals surface area contributed by atoms with Gasteiger partial charge in [-0.25, -0.2) is 0 Å². The summed E-state index contributed by atoms with van der Waals surface area (Å²) in [4.78, 5) is 1.35. The fourth-order valence-corrected chi connectivity index (χ4v) is 11.4. The molecule has 0 unspecified atom stereocenters. The van der Waals surface area contributed by atoms with Gasteiger partial charge in [0.2, 0.25) is 0 Å². The lowest BCUT2D eigenvalue weighted by Crippen LogP contribution is -2.11. The number of para-hydroxylation sites is 3. The van der Waals surface area contributed by atoms with Crippen LogP contribution in [0, 0.1) is 51.3 Å². The number of hydrogen-bond acceptors (Lipinski definition) is 4. The summed E-state index contributed by atoms with van der Waals surface area (Å²) in [5.74, 6) is 7.73. The van der Waals surface area contributed by atoms with Gasteiger partial charge < -0.3 is 14.4 Å². The Kier molecular flexibility index (Phi) is 29.5. The molecule has 0 aliphatic carbocycles. The average molecular weight is 1280 g/mol.